The van der Waals surface area contributed by atoms with Crippen LogP contribution in [0.15, 0.2) is 42.5 Å². The van der Waals surface area contributed by atoms with E-state index in [0.29, 0.717) is 48.1 Å². The highest BCUT2D eigenvalue weighted by Crippen LogP contribution is 2.31. The van der Waals surface area contributed by atoms with Gasteiger partial charge in [-0.2, -0.15) is 0 Å². The van der Waals surface area contributed by atoms with Gasteiger partial charge in [-0.05, 0) is 54.0 Å². The number of hydrogen-bond acceptors (Lipinski definition) is 4. The zero-order chi connectivity index (χ0) is 16.9. The number of phenols is 1. The molecule has 1 aliphatic heterocycles. The van der Waals surface area contributed by atoms with Crippen LogP contribution < -0.4 is 9.47 Å². The summed E-state index contributed by atoms with van der Waals surface area (Å²) in [5.74, 6) is 1.81. The molecule has 2 aromatic rings. The number of carbonyl (C=O) groups is 1. The Morgan fingerprint density at radius 2 is 1.92 bits per heavy atom. The number of ketones is 1. The molecule has 0 radical (unpaired) electrons. The van der Waals surface area contributed by atoms with Crippen molar-refractivity contribution in [1.29, 1.82) is 0 Å². The number of fused-ring (bicyclic) bond motifs is 1. The normalized spacial score (nSPS) is 13.2. The van der Waals surface area contributed by atoms with Crippen LogP contribution in [0.1, 0.15) is 21.5 Å². The minimum absolute atomic E-state index is 0.138. The van der Waals surface area contributed by atoms with E-state index in [2.05, 4.69) is 0 Å². The van der Waals surface area contributed by atoms with E-state index in [1.54, 1.807) is 18.2 Å². The van der Waals surface area contributed by atoms with Crippen molar-refractivity contribution in [2.24, 2.45) is 0 Å². The van der Waals surface area contributed by atoms with Crippen LogP contribution in [0.4, 0.5) is 0 Å². The van der Waals surface area contributed by atoms with Crippen LogP contribution >= 0.6 is 11.6 Å². The second-order valence-corrected chi connectivity index (χ2v) is 5.76. The van der Waals surface area contributed by atoms with Gasteiger partial charge in [0.25, 0.3) is 0 Å². The Morgan fingerprint density at radius 1 is 1.12 bits per heavy atom. The predicted octanol–water partition coefficient (Wildman–Crippen LogP) is 3.84. The van der Waals surface area contributed by atoms with Crippen molar-refractivity contribution in [3.05, 3.63) is 59.2 Å². The van der Waals surface area contributed by atoms with Crippen molar-refractivity contribution < 1.29 is 19.4 Å². The molecule has 1 aliphatic rings. The molecule has 0 fully saturated rings. The molecule has 2 aromatic carbocycles. The van der Waals surface area contributed by atoms with E-state index >= 15 is 0 Å². The maximum Gasteiger partial charge on any atom is 0.185 e. The SMILES string of the molecule is O=C(C=Cc1ccc2c(c1)OCCO2)c1ccc(O)c(CCCl)c1. The van der Waals surface area contributed by atoms with E-state index in [1.807, 2.05) is 18.2 Å². The number of phenolic OH excluding ortho intramolecular Hbond substituents is 1. The molecular formula is C19H17ClO4. The Morgan fingerprint density at radius 3 is 2.71 bits per heavy atom. The summed E-state index contributed by atoms with van der Waals surface area (Å²) in [5.41, 5.74) is 2.04. The summed E-state index contributed by atoms with van der Waals surface area (Å²) in [6.07, 6.45) is 3.75. The van der Waals surface area contributed by atoms with Gasteiger partial charge >= 0.3 is 0 Å². The van der Waals surface area contributed by atoms with E-state index in [-0.39, 0.29) is 11.5 Å². The number of halogens is 1. The Balaban J connectivity index is 1.77. The summed E-state index contributed by atoms with van der Waals surface area (Å²) in [4.78, 5) is 12.3. The lowest BCUT2D eigenvalue weighted by atomic mass is 10.0. The van der Waals surface area contributed by atoms with E-state index in [1.165, 1.54) is 12.1 Å². The molecule has 0 aromatic heterocycles. The van der Waals surface area contributed by atoms with Crippen LogP contribution in [-0.2, 0) is 6.42 Å². The summed E-state index contributed by atoms with van der Waals surface area (Å²) < 4.78 is 11.0. The molecule has 0 spiro atoms. The maximum absolute atomic E-state index is 12.3. The van der Waals surface area contributed by atoms with Crippen molar-refractivity contribution in [1.82, 2.24) is 0 Å². The van der Waals surface area contributed by atoms with Crippen LogP contribution in [0.25, 0.3) is 6.08 Å². The number of alkyl halides is 1. The fraction of sp³-hybridized carbons (Fsp3) is 0.211. The van der Waals surface area contributed by atoms with E-state index in [9.17, 15) is 9.90 Å². The van der Waals surface area contributed by atoms with Crippen LogP contribution in [0.3, 0.4) is 0 Å². The molecule has 0 saturated heterocycles. The molecule has 0 saturated carbocycles. The number of aryl methyl sites for hydroxylation is 1. The molecule has 5 heteroatoms. The number of rotatable bonds is 5. The van der Waals surface area contributed by atoms with Crippen molar-refractivity contribution >= 4 is 23.5 Å². The first-order valence-electron chi connectivity index (χ1n) is 7.67. The molecular weight excluding hydrogens is 328 g/mol. The topological polar surface area (TPSA) is 55.8 Å². The van der Waals surface area contributed by atoms with Gasteiger partial charge in [-0.25, -0.2) is 0 Å². The van der Waals surface area contributed by atoms with E-state index in [0.717, 1.165) is 5.56 Å². The standard InChI is InChI=1S/C19H17ClO4/c20-8-7-15-12-14(3-5-17(15)22)16(21)4-1-13-2-6-18-19(11-13)24-10-9-23-18/h1-6,11-12,22H,7-10H2. The molecule has 0 amide bonds. The van der Waals surface area contributed by atoms with Gasteiger partial charge in [-0.15, -0.1) is 11.6 Å². The van der Waals surface area contributed by atoms with E-state index in [4.69, 9.17) is 21.1 Å². The third-order valence-electron chi connectivity index (χ3n) is 3.72. The zero-order valence-corrected chi connectivity index (χ0v) is 13.8. The molecule has 124 valence electrons. The first-order chi connectivity index (χ1) is 11.7. The first kappa shape index (κ1) is 16.4. The zero-order valence-electron chi connectivity index (χ0n) is 13.0. The molecule has 0 bridgehead atoms. The summed E-state index contributed by atoms with van der Waals surface area (Å²) in [7, 11) is 0. The molecule has 4 nitrogen and oxygen atoms in total. The number of ether oxygens (including phenoxy) is 2. The third-order valence-corrected chi connectivity index (χ3v) is 3.91. The molecule has 1 N–H and O–H groups in total. The second-order valence-electron chi connectivity index (χ2n) is 5.38. The number of allylic oxidation sites excluding steroid dienone is 1. The highest BCUT2D eigenvalue weighted by atomic mass is 35.5. The summed E-state index contributed by atoms with van der Waals surface area (Å²) >= 11 is 5.71. The van der Waals surface area contributed by atoms with Crippen molar-refractivity contribution in [2.75, 3.05) is 19.1 Å². The quantitative estimate of drug-likeness (QED) is 0.508. The second kappa shape index (κ2) is 7.41. The minimum atomic E-state index is -0.138. The predicted molar refractivity (Wildman–Crippen MR) is 93.3 cm³/mol. The lowest BCUT2D eigenvalue weighted by Crippen LogP contribution is -2.15. The highest BCUT2D eigenvalue weighted by molar-refractivity contribution is 6.18. The van der Waals surface area contributed by atoms with Gasteiger partial charge in [0.1, 0.15) is 19.0 Å². The highest BCUT2D eigenvalue weighted by Gasteiger charge is 2.11. The Labute approximate surface area is 145 Å². The average Bonchev–Trinajstić information content (AvgIpc) is 2.61. The Bertz CT molecular complexity index is 783. The number of benzene rings is 2. The van der Waals surface area contributed by atoms with Gasteiger partial charge in [-0.3, -0.25) is 4.79 Å². The molecule has 0 unspecified atom stereocenters. The number of carbonyl (C=O) groups excluding carboxylic acids is 1. The van der Waals surface area contributed by atoms with Crippen LogP contribution in [-0.4, -0.2) is 30.0 Å². The Hall–Kier alpha value is -2.46. The molecule has 1 heterocycles. The lowest BCUT2D eigenvalue weighted by molar-refractivity contribution is 0.104. The monoisotopic (exact) mass is 344 g/mol. The fourth-order valence-corrected chi connectivity index (χ4v) is 2.68. The molecule has 24 heavy (non-hydrogen) atoms. The summed E-state index contributed by atoms with van der Waals surface area (Å²) in [6.45, 7) is 1.07. The van der Waals surface area contributed by atoms with E-state index < -0.39 is 0 Å². The van der Waals surface area contributed by atoms with Crippen molar-refractivity contribution in [3.8, 4) is 17.2 Å². The Kier molecular flexibility index (Phi) is 5.06. The van der Waals surface area contributed by atoms with Crippen LogP contribution in [0, 0.1) is 0 Å². The fourth-order valence-electron chi connectivity index (χ4n) is 2.47. The minimum Gasteiger partial charge on any atom is -0.508 e. The smallest absolute Gasteiger partial charge is 0.185 e. The molecule has 0 aliphatic carbocycles. The van der Waals surface area contributed by atoms with Crippen LogP contribution in [0.5, 0.6) is 17.2 Å². The summed E-state index contributed by atoms with van der Waals surface area (Å²) in [5, 5.41) is 9.75. The van der Waals surface area contributed by atoms with Crippen molar-refractivity contribution in [2.45, 2.75) is 6.42 Å². The van der Waals surface area contributed by atoms with Gasteiger partial charge in [-0.1, -0.05) is 12.1 Å². The molecule has 0 atom stereocenters. The number of aromatic hydroxyl groups is 1. The van der Waals surface area contributed by atoms with Gasteiger partial charge in [0.15, 0.2) is 17.3 Å². The lowest BCUT2D eigenvalue weighted by Gasteiger charge is -2.18. The van der Waals surface area contributed by atoms with Gasteiger partial charge < -0.3 is 14.6 Å². The largest absolute Gasteiger partial charge is 0.508 e. The van der Waals surface area contributed by atoms with Gasteiger partial charge in [0, 0.05) is 11.4 Å². The maximum atomic E-state index is 12.3. The summed E-state index contributed by atoms with van der Waals surface area (Å²) in [6, 6.07) is 10.3. The molecule has 3 rings (SSSR count). The van der Waals surface area contributed by atoms with Crippen molar-refractivity contribution in [3.63, 3.8) is 0 Å². The van der Waals surface area contributed by atoms with Gasteiger partial charge in [0.2, 0.25) is 0 Å². The van der Waals surface area contributed by atoms with Crippen LogP contribution in [0.2, 0.25) is 0 Å². The third kappa shape index (κ3) is 3.71. The first-order valence-corrected chi connectivity index (χ1v) is 8.21. The average molecular weight is 345 g/mol. The van der Waals surface area contributed by atoms with Gasteiger partial charge in [0.05, 0.1) is 0 Å². The number of hydrogen-bond donors (Lipinski definition) is 1.